The van der Waals surface area contributed by atoms with Crippen molar-refractivity contribution in [2.24, 2.45) is 11.8 Å². The Bertz CT molecular complexity index is 540. The number of hydrogen-bond acceptors (Lipinski definition) is 5. The zero-order valence-corrected chi connectivity index (χ0v) is 17.8. The molecular weight excluding hydrogens is 350 g/mol. The predicted molar refractivity (Wildman–Crippen MR) is 103 cm³/mol. The Labute approximate surface area is 162 Å². The molecule has 0 spiro atoms. The van der Waals surface area contributed by atoms with Crippen LogP contribution in [0, 0.1) is 11.8 Å². The molecule has 1 amide bonds. The zero-order chi connectivity index (χ0) is 21.4. The summed E-state index contributed by atoms with van der Waals surface area (Å²) in [5, 5.41) is 12.1. The topological polar surface area (TPSA) is 102 Å². The van der Waals surface area contributed by atoms with Gasteiger partial charge in [0.05, 0.1) is 18.4 Å². The van der Waals surface area contributed by atoms with E-state index in [0.29, 0.717) is 6.42 Å². The normalized spacial score (nSPS) is 14.7. The van der Waals surface area contributed by atoms with Crippen LogP contribution < -0.4 is 5.32 Å². The second-order valence-corrected chi connectivity index (χ2v) is 9.00. The third kappa shape index (κ3) is 13.8. The van der Waals surface area contributed by atoms with E-state index in [4.69, 9.17) is 9.47 Å². The van der Waals surface area contributed by atoms with Crippen molar-refractivity contribution in [2.75, 3.05) is 0 Å². The van der Waals surface area contributed by atoms with Gasteiger partial charge in [-0.15, -0.1) is 0 Å². The number of amides is 1. The number of nitrogens with one attached hydrogen (secondary N) is 1. The number of aliphatic carboxylic acids is 1. The first kappa shape index (κ1) is 24.9. The van der Waals surface area contributed by atoms with Gasteiger partial charge in [-0.2, -0.15) is 0 Å². The molecule has 156 valence electrons. The van der Waals surface area contributed by atoms with Crippen molar-refractivity contribution < 1.29 is 29.0 Å². The van der Waals surface area contributed by atoms with Crippen LogP contribution in [0.2, 0.25) is 0 Å². The van der Waals surface area contributed by atoms with E-state index in [1.165, 1.54) is 6.08 Å². The van der Waals surface area contributed by atoms with E-state index in [1.54, 1.807) is 47.6 Å². The van der Waals surface area contributed by atoms with Gasteiger partial charge in [0.25, 0.3) is 0 Å². The first-order chi connectivity index (χ1) is 12.1. The highest BCUT2D eigenvalue weighted by Gasteiger charge is 2.24. The largest absolute Gasteiger partial charge is 0.481 e. The molecule has 0 saturated heterocycles. The molecule has 7 heteroatoms. The Kier molecular flexibility index (Phi) is 9.54. The van der Waals surface area contributed by atoms with E-state index >= 15 is 0 Å². The highest BCUT2D eigenvalue weighted by molar-refractivity contribution is 5.80. The van der Waals surface area contributed by atoms with Gasteiger partial charge < -0.3 is 19.9 Å². The van der Waals surface area contributed by atoms with E-state index in [-0.39, 0.29) is 12.3 Å². The molecule has 2 N–H and O–H groups in total. The van der Waals surface area contributed by atoms with Gasteiger partial charge in [0, 0.05) is 0 Å². The van der Waals surface area contributed by atoms with Crippen molar-refractivity contribution in [3.63, 3.8) is 0 Å². The number of hydrogen-bond donors (Lipinski definition) is 2. The second-order valence-electron chi connectivity index (χ2n) is 9.00. The Morgan fingerprint density at radius 3 is 1.89 bits per heavy atom. The molecule has 0 aromatic carbocycles. The lowest BCUT2D eigenvalue weighted by atomic mass is 9.99. The summed E-state index contributed by atoms with van der Waals surface area (Å²) in [5.74, 6) is -2.48. The summed E-state index contributed by atoms with van der Waals surface area (Å²) >= 11 is 0. The summed E-state index contributed by atoms with van der Waals surface area (Å²) < 4.78 is 10.4. The van der Waals surface area contributed by atoms with Crippen molar-refractivity contribution in [3.8, 4) is 0 Å². The quantitative estimate of drug-likeness (QED) is 0.485. The first-order valence-electron chi connectivity index (χ1n) is 9.21. The minimum Gasteiger partial charge on any atom is -0.481 e. The lowest BCUT2D eigenvalue weighted by Gasteiger charge is -2.23. The lowest BCUT2D eigenvalue weighted by molar-refractivity contribution is -0.158. The van der Waals surface area contributed by atoms with Crippen LogP contribution in [0.3, 0.4) is 0 Å². The average molecular weight is 386 g/mol. The predicted octanol–water partition coefficient (Wildman–Crippen LogP) is 3.91. The van der Waals surface area contributed by atoms with E-state index in [0.717, 1.165) is 0 Å². The van der Waals surface area contributed by atoms with Gasteiger partial charge in [-0.25, -0.2) is 4.79 Å². The van der Waals surface area contributed by atoms with Gasteiger partial charge >= 0.3 is 18.0 Å². The van der Waals surface area contributed by atoms with E-state index in [2.05, 4.69) is 5.32 Å². The fraction of sp³-hybridized carbons (Fsp3) is 0.750. The van der Waals surface area contributed by atoms with Gasteiger partial charge in [-0.05, 0) is 53.9 Å². The van der Waals surface area contributed by atoms with Gasteiger partial charge in [-0.3, -0.25) is 9.59 Å². The lowest BCUT2D eigenvalue weighted by Crippen LogP contribution is -2.39. The van der Waals surface area contributed by atoms with E-state index in [9.17, 15) is 19.5 Å². The molecule has 27 heavy (non-hydrogen) atoms. The van der Waals surface area contributed by atoms with Crippen molar-refractivity contribution in [1.29, 1.82) is 0 Å². The monoisotopic (exact) mass is 385 g/mol. The number of carboxylic acids is 1. The number of alkyl carbamates (subject to hydrolysis) is 1. The second kappa shape index (κ2) is 10.3. The van der Waals surface area contributed by atoms with Gasteiger partial charge in [0.1, 0.15) is 11.2 Å². The molecule has 0 saturated carbocycles. The fourth-order valence-corrected chi connectivity index (χ4v) is 2.22. The number of carboxylic acid groups (broad SMARTS) is 1. The van der Waals surface area contributed by atoms with Crippen molar-refractivity contribution in [3.05, 3.63) is 12.2 Å². The maximum absolute atomic E-state index is 12.0. The summed E-state index contributed by atoms with van der Waals surface area (Å²) in [6.45, 7) is 14.4. The Morgan fingerprint density at radius 2 is 1.48 bits per heavy atom. The minimum atomic E-state index is -1.13. The number of carbonyl (C=O) groups is 3. The number of esters is 1. The molecule has 2 atom stereocenters. The first-order valence-corrected chi connectivity index (χ1v) is 9.21. The smallest absolute Gasteiger partial charge is 0.408 e. The van der Waals surface area contributed by atoms with E-state index in [1.807, 2.05) is 13.8 Å². The molecule has 0 bridgehead atoms. The SMILES string of the molecule is CC(C)C[C@@H](/C=C/[C@@H](CC(=O)OC(C)(C)C)C(=O)O)NC(=O)OC(C)(C)C. The maximum Gasteiger partial charge on any atom is 0.408 e. The number of ether oxygens (including phenoxy) is 2. The summed E-state index contributed by atoms with van der Waals surface area (Å²) in [5.41, 5.74) is -1.31. The van der Waals surface area contributed by atoms with Crippen LogP contribution >= 0.6 is 0 Å². The molecule has 0 aliphatic heterocycles. The van der Waals surface area contributed by atoms with Crippen molar-refractivity contribution in [2.45, 2.75) is 85.5 Å². The highest BCUT2D eigenvalue weighted by Crippen LogP contribution is 2.15. The van der Waals surface area contributed by atoms with Crippen molar-refractivity contribution >= 4 is 18.0 Å². The Hall–Kier alpha value is -2.05. The average Bonchev–Trinajstić information content (AvgIpc) is 2.37. The molecule has 0 aromatic rings. The molecule has 0 radical (unpaired) electrons. The molecule has 0 unspecified atom stereocenters. The standard InChI is InChI=1S/C20H35NO6/c1-13(2)11-15(21-18(25)27-20(6,7)8)10-9-14(17(23)24)12-16(22)26-19(3,4)5/h9-10,13-15H,11-12H2,1-8H3,(H,21,25)(H,23,24)/b10-9+/t14-,15+/m0/s1. The van der Waals surface area contributed by atoms with Crippen LogP contribution in [0.1, 0.15) is 68.2 Å². The van der Waals surface area contributed by atoms with Crippen molar-refractivity contribution in [1.82, 2.24) is 5.32 Å². The van der Waals surface area contributed by atoms with Crippen LogP contribution in [-0.4, -0.2) is 40.4 Å². The Balaban J connectivity index is 5.10. The molecular formula is C20H35NO6. The van der Waals surface area contributed by atoms with Crippen LogP contribution in [0.15, 0.2) is 12.2 Å². The van der Waals surface area contributed by atoms with E-state index < -0.39 is 41.2 Å². The summed E-state index contributed by atoms with van der Waals surface area (Å²) in [6.07, 6.45) is 2.79. The third-order valence-electron chi connectivity index (χ3n) is 3.13. The molecule has 0 aromatic heterocycles. The van der Waals surface area contributed by atoms with Gasteiger partial charge in [0.15, 0.2) is 0 Å². The highest BCUT2D eigenvalue weighted by atomic mass is 16.6. The molecule has 0 heterocycles. The molecule has 0 rings (SSSR count). The van der Waals surface area contributed by atoms with Gasteiger partial charge in [-0.1, -0.05) is 26.0 Å². The number of carbonyl (C=O) groups excluding carboxylic acids is 2. The summed E-state index contributed by atoms with van der Waals surface area (Å²) in [4.78, 5) is 35.4. The van der Waals surface area contributed by atoms with Crippen LogP contribution in [-0.2, 0) is 19.1 Å². The fourth-order valence-electron chi connectivity index (χ4n) is 2.22. The summed E-state index contributed by atoms with van der Waals surface area (Å²) in [6, 6.07) is -0.402. The summed E-state index contributed by atoms with van der Waals surface area (Å²) in [7, 11) is 0. The maximum atomic E-state index is 12.0. The Morgan fingerprint density at radius 1 is 0.963 bits per heavy atom. The minimum absolute atomic E-state index is 0.267. The number of rotatable bonds is 8. The van der Waals surface area contributed by atoms with Crippen LogP contribution in [0.5, 0.6) is 0 Å². The molecule has 0 aliphatic carbocycles. The molecule has 7 nitrogen and oxygen atoms in total. The van der Waals surface area contributed by atoms with Crippen LogP contribution in [0.25, 0.3) is 0 Å². The third-order valence-corrected chi connectivity index (χ3v) is 3.13. The van der Waals surface area contributed by atoms with Gasteiger partial charge in [0.2, 0.25) is 0 Å². The molecule has 0 aliphatic rings. The van der Waals surface area contributed by atoms with Crippen LogP contribution in [0.4, 0.5) is 4.79 Å². The zero-order valence-electron chi connectivity index (χ0n) is 17.8. The molecule has 0 fully saturated rings.